The first-order valence-electron chi connectivity index (χ1n) is 7.19. The van der Waals surface area contributed by atoms with Crippen LogP contribution >= 0.6 is 0 Å². The number of carboxylic acid groups (broad SMARTS) is 1. The molecule has 4 heteroatoms. The molecule has 2 rings (SSSR count). The number of hydrogen-bond donors (Lipinski definition) is 2. The van der Waals surface area contributed by atoms with Crippen molar-refractivity contribution in [3.8, 4) is 0 Å². The largest absolute Gasteiger partial charge is 0.465 e. The Morgan fingerprint density at radius 3 is 2.60 bits per heavy atom. The molecule has 0 spiro atoms. The predicted octanol–water partition coefficient (Wildman–Crippen LogP) is 3.12. The molecule has 1 amide bonds. The Labute approximate surface area is 120 Å². The number of carbonyl (C=O) groups is 1. The van der Waals surface area contributed by atoms with Gasteiger partial charge in [0.05, 0.1) is 0 Å². The van der Waals surface area contributed by atoms with Gasteiger partial charge in [0.1, 0.15) is 0 Å². The lowest BCUT2D eigenvalue weighted by atomic mass is 9.78. The van der Waals surface area contributed by atoms with E-state index in [0.29, 0.717) is 19.1 Å². The number of nitrogens with zero attached hydrogens (tertiary/aromatic N) is 1. The van der Waals surface area contributed by atoms with Crippen LogP contribution in [0.3, 0.4) is 0 Å². The number of likely N-dealkylation sites (tertiary alicyclic amines) is 1. The quantitative estimate of drug-likeness (QED) is 0.892. The summed E-state index contributed by atoms with van der Waals surface area (Å²) in [7, 11) is 0. The van der Waals surface area contributed by atoms with Gasteiger partial charge in [-0.15, -0.1) is 0 Å². The van der Waals surface area contributed by atoms with Crippen LogP contribution < -0.4 is 5.32 Å². The summed E-state index contributed by atoms with van der Waals surface area (Å²) >= 11 is 0. The summed E-state index contributed by atoms with van der Waals surface area (Å²) < 4.78 is 0. The second-order valence-electron chi connectivity index (χ2n) is 6.33. The molecule has 0 saturated carbocycles. The molecule has 0 aliphatic carbocycles. The van der Waals surface area contributed by atoms with Gasteiger partial charge in [0.2, 0.25) is 0 Å². The molecule has 110 valence electrons. The second kappa shape index (κ2) is 5.83. The van der Waals surface area contributed by atoms with E-state index in [1.165, 1.54) is 10.5 Å². The lowest BCUT2D eigenvalue weighted by molar-refractivity contribution is 0.0670. The summed E-state index contributed by atoms with van der Waals surface area (Å²) in [6.45, 7) is 7.63. The Morgan fingerprint density at radius 1 is 1.40 bits per heavy atom. The van der Waals surface area contributed by atoms with E-state index in [2.05, 4.69) is 38.2 Å². The van der Waals surface area contributed by atoms with Crippen molar-refractivity contribution in [1.29, 1.82) is 0 Å². The Morgan fingerprint density at radius 2 is 2.05 bits per heavy atom. The van der Waals surface area contributed by atoms with Crippen LogP contribution in [0.4, 0.5) is 4.79 Å². The Kier molecular flexibility index (Phi) is 4.33. The molecule has 0 aromatic heterocycles. The topological polar surface area (TPSA) is 52.6 Å². The van der Waals surface area contributed by atoms with Crippen molar-refractivity contribution in [2.45, 2.75) is 39.3 Å². The standard InChI is InChI=1S/C16H24N2O2/c1-12(13-7-5-4-6-8-13)17-14-9-10-18(15(19)20)11-16(14,2)3/h4-8,12,14,17H,9-11H2,1-3H3,(H,19,20)/t12-,14-/m1/s1. The van der Waals surface area contributed by atoms with Crippen molar-refractivity contribution in [2.75, 3.05) is 13.1 Å². The molecule has 0 unspecified atom stereocenters. The Balaban J connectivity index is 2.01. The van der Waals surface area contributed by atoms with Crippen LogP contribution in [0.15, 0.2) is 30.3 Å². The highest BCUT2D eigenvalue weighted by atomic mass is 16.4. The first-order chi connectivity index (χ1) is 9.40. The molecule has 2 N–H and O–H groups in total. The van der Waals surface area contributed by atoms with E-state index in [0.717, 1.165) is 6.42 Å². The lowest BCUT2D eigenvalue weighted by Crippen LogP contribution is -2.55. The number of amides is 1. The van der Waals surface area contributed by atoms with Crippen molar-refractivity contribution in [3.05, 3.63) is 35.9 Å². The summed E-state index contributed by atoms with van der Waals surface area (Å²) in [6, 6.07) is 11.0. The van der Waals surface area contributed by atoms with Gasteiger partial charge in [-0.1, -0.05) is 44.2 Å². The van der Waals surface area contributed by atoms with E-state index < -0.39 is 6.09 Å². The van der Waals surface area contributed by atoms with Gasteiger partial charge >= 0.3 is 6.09 Å². The molecule has 4 nitrogen and oxygen atoms in total. The second-order valence-corrected chi connectivity index (χ2v) is 6.33. The monoisotopic (exact) mass is 276 g/mol. The fraction of sp³-hybridized carbons (Fsp3) is 0.562. The van der Waals surface area contributed by atoms with E-state index in [4.69, 9.17) is 5.11 Å². The maximum Gasteiger partial charge on any atom is 0.407 e. The molecule has 1 aliphatic rings. The van der Waals surface area contributed by atoms with Crippen molar-refractivity contribution >= 4 is 6.09 Å². The number of hydrogen-bond acceptors (Lipinski definition) is 2. The molecule has 1 heterocycles. The molecule has 1 aromatic rings. The van der Waals surface area contributed by atoms with Crippen LogP contribution in [-0.4, -0.2) is 35.2 Å². The van der Waals surface area contributed by atoms with Crippen LogP contribution in [0.5, 0.6) is 0 Å². The van der Waals surface area contributed by atoms with Crippen LogP contribution in [0.25, 0.3) is 0 Å². The molecule has 1 aromatic carbocycles. The van der Waals surface area contributed by atoms with E-state index in [-0.39, 0.29) is 11.5 Å². The first-order valence-corrected chi connectivity index (χ1v) is 7.19. The van der Waals surface area contributed by atoms with Crippen molar-refractivity contribution in [2.24, 2.45) is 5.41 Å². The van der Waals surface area contributed by atoms with Crippen molar-refractivity contribution in [1.82, 2.24) is 10.2 Å². The predicted molar refractivity (Wildman–Crippen MR) is 79.8 cm³/mol. The molecule has 1 saturated heterocycles. The van der Waals surface area contributed by atoms with E-state index in [1.807, 2.05) is 18.2 Å². The first kappa shape index (κ1) is 14.9. The highest BCUT2D eigenvalue weighted by Crippen LogP contribution is 2.31. The van der Waals surface area contributed by atoms with Crippen molar-refractivity contribution in [3.63, 3.8) is 0 Å². The van der Waals surface area contributed by atoms with Gasteiger partial charge in [0, 0.05) is 25.2 Å². The fourth-order valence-corrected chi connectivity index (χ4v) is 2.97. The normalized spacial score (nSPS) is 23.4. The third-order valence-corrected chi connectivity index (χ3v) is 4.25. The number of nitrogens with one attached hydrogen (secondary N) is 1. The molecule has 2 atom stereocenters. The minimum atomic E-state index is -0.812. The summed E-state index contributed by atoms with van der Waals surface area (Å²) in [5, 5.41) is 12.8. The highest BCUT2D eigenvalue weighted by Gasteiger charge is 2.38. The number of piperidine rings is 1. The van der Waals surface area contributed by atoms with E-state index in [1.54, 1.807) is 0 Å². The summed E-state index contributed by atoms with van der Waals surface area (Å²) in [4.78, 5) is 12.6. The molecule has 0 bridgehead atoms. The average Bonchev–Trinajstić information content (AvgIpc) is 2.41. The average molecular weight is 276 g/mol. The fourth-order valence-electron chi connectivity index (χ4n) is 2.97. The number of rotatable bonds is 3. The van der Waals surface area contributed by atoms with Gasteiger partial charge in [0.15, 0.2) is 0 Å². The van der Waals surface area contributed by atoms with E-state index in [9.17, 15) is 4.79 Å². The molecule has 0 radical (unpaired) electrons. The zero-order valence-corrected chi connectivity index (χ0v) is 12.5. The minimum Gasteiger partial charge on any atom is -0.465 e. The van der Waals surface area contributed by atoms with Crippen molar-refractivity contribution < 1.29 is 9.90 Å². The zero-order valence-electron chi connectivity index (χ0n) is 12.5. The summed E-state index contributed by atoms with van der Waals surface area (Å²) in [5.41, 5.74) is 1.21. The molecule has 20 heavy (non-hydrogen) atoms. The Bertz CT molecular complexity index is 459. The van der Waals surface area contributed by atoms with Gasteiger partial charge in [-0.25, -0.2) is 4.79 Å². The minimum absolute atomic E-state index is 0.0559. The zero-order chi connectivity index (χ0) is 14.8. The van der Waals surface area contributed by atoms with Crippen LogP contribution in [0, 0.1) is 5.41 Å². The van der Waals surface area contributed by atoms with Gasteiger partial charge in [-0.3, -0.25) is 0 Å². The summed E-state index contributed by atoms with van der Waals surface area (Å²) in [6.07, 6.45) is 0.0452. The number of benzene rings is 1. The smallest absolute Gasteiger partial charge is 0.407 e. The van der Waals surface area contributed by atoms with E-state index >= 15 is 0 Å². The summed E-state index contributed by atoms with van der Waals surface area (Å²) in [5.74, 6) is 0. The third-order valence-electron chi connectivity index (χ3n) is 4.25. The van der Waals surface area contributed by atoms with Gasteiger partial charge in [-0.05, 0) is 24.3 Å². The SMILES string of the molecule is C[C@@H](N[C@@H]1CCN(C(=O)O)CC1(C)C)c1ccccc1. The maximum atomic E-state index is 11.1. The third kappa shape index (κ3) is 3.31. The molecule has 1 fully saturated rings. The van der Waals surface area contributed by atoms with Crippen LogP contribution in [0.1, 0.15) is 38.8 Å². The molecular formula is C16H24N2O2. The van der Waals surface area contributed by atoms with Gasteiger partial charge in [-0.2, -0.15) is 0 Å². The Hall–Kier alpha value is -1.55. The van der Waals surface area contributed by atoms with Crippen LogP contribution in [0.2, 0.25) is 0 Å². The van der Waals surface area contributed by atoms with Gasteiger partial charge in [0.25, 0.3) is 0 Å². The lowest BCUT2D eigenvalue weighted by Gasteiger charge is -2.44. The van der Waals surface area contributed by atoms with Gasteiger partial charge < -0.3 is 15.3 Å². The highest BCUT2D eigenvalue weighted by molar-refractivity contribution is 5.65. The maximum absolute atomic E-state index is 11.1. The molecular weight excluding hydrogens is 252 g/mol. The van der Waals surface area contributed by atoms with Crippen LogP contribution in [-0.2, 0) is 0 Å². The molecule has 1 aliphatic heterocycles.